The Balaban J connectivity index is 1.49. The van der Waals surface area contributed by atoms with Gasteiger partial charge in [0.05, 0.1) is 5.92 Å². The molecule has 3 rings (SSSR count). The minimum atomic E-state index is -1.21. The van der Waals surface area contributed by atoms with Gasteiger partial charge in [0.25, 0.3) is 0 Å². The molecule has 0 radical (unpaired) electrons. The molecular weight excluding hydrogens is 308 g/mol. The van der Waals surface area contributed by atoms with Crippen LogP contribution in [-0.4, -0.2) is 17.8 Å². The second-order valence-electron chi connectivity index (χ2n) is 6.34. The molecule has 0 unspecified atom stereocenters. The molecule has 6 nitrogen and oxygen atoms in total. The predicted molar refractivity (Wildman–Crippen MR) is 83.8 cm³/mol. The van der Waals surface area contributed by atoms with Crippen LogP contribution in [0.4, 0.5) is 0 Å². The van der Waals surface area contributed by atoms with Crippen molar-refractivity contribution in [2.75, 3.05) is 0 Å². The zero-order chi connectivity index (χ0) is 17.1. The van der Waals surface area contributed by atoms with Gasteiger partial charge in [-0.2, -0.15) is 0 Å². The first kappa shape index (κ1) is 16.2. The van der Waals surface area contributed by atoms with E-state index in [9.17, 15) is 19.5 Å². The van der Waals surface area contributed by atoms with E-state index in [0.29, 0.717) is 12.8 Å². The molecule has 0 saturated heterocycles. The maximum absolute atomic E-state index is 12.3. The highest BCUT2D eigenvalue weighted by Crippen LogP contribution is 2.47. The van der Waals surface area contributed by atoms with Crippen LogP contribution in [0.15, 0.2) is 42.5 Å². The summed E-state index contributed by atoms with van der Waals surface area (Å²) in [7, 11) is 0. The number of aliphatic carboxylic acids is 1. The van der Waals surface area contributed by atoms with Crippen LogP contribution in [0.3, 0.4) is 0 Å². The first-order valence-corrected chi connectivity index (χ1v) is 8.08. The summed E-state index contributed by atoms with van der Waals surface area (Å²) in [5.41, 5.74) is 5.78. The monoisotopic (exact) mass is 327 g/mol. The lowest BCUT2D eigenvalue weighted by Crippen LogP contribution is -2.50. The summed E-state index contributed by atoms with van der Waals surface area (Å²) in [5.74, 6) is -3.73. The van der Waals surface area contributed by atoms with Gasteiger partial charge in [0.2, 0.25) is 11.8 Å². The first-order chi connectivity index (χ1) is 11.6. The highest BCUT2D eigenvalue weighted by atomic mass is 16.4. The Kier molecular flexibility index (Phi) is 4.64. The molecule has 4 atom stereocenters. The van der Waals surface area contributed by atoms with Crippen molar-refractivity contribution in [3.8, 4) is 0 Å². The van der Waals surface area contributed by atoms with E-state index < -0.39 is 23.7 Å². The van der Waals surface area contributed by atoms with Gasteiger partial charge < -0.3 is 9.90 Å². The molecule has 1 fully saturated rings. The van der Waals surface area contributed by atoms with Gasteiger partial charge in [-0.3, -0.25) is 20.4 Å². The van der Waals surface area contributed by atoms with Gasteiger partial charge in [0, 0.05) is 18.3 Å². The molecule has 24 heavy (non-hydrogen) atoms. The van der Waals surface area contributed by atoms with Crippen LogP contribution in [0, 0.1) is 23.7 Å². The fraction of sp³-hybridized carbons (Fsp3) is 0.389. The molecule has 2 bridgehead atoms. The SMILES string of the molecule is O=C(CCc1ccccc1)NNC(=O)[C@H]1[C@@H](C(=O)[O-])[C@H]2C=C[C@@H]1C2. The van der Waals surface area contributed by atoms with Gasteiger partial charge in [-0.15, -0.1) is 0 Å². The van der Waals surface area contributed by atoms with Crippen molar-refractivity contribution in [3.63, 3.8) is 0 Å². The maximum Gasteiger partial charge on any atom is 0.242 e. The summed E-state index contributed by atoms with van der Waals surface area (Å²) in [6, 6.07) is 9.56. The highest BCUT2D eigenvalue weighted by molar-refractivity contribution is 5.88. The van der Waals surface area contributed by atoms with Gasteiger partial charge in [-0.05, 0) is 30.2 Å². The van der Waals surface area contributed by atoms with Gasteiger partial charge in [0.15, 0.2) is 0 Å². The maximum atomic E-state index is 12.3. The van der Waals surface area contributed by atoms with Gasteiger partial charge in [-0.1, -0.05) is 42.5 Å². The van der Waals surface area contributed by atoms with Crippen LogP contribution in [0.2, 0.25) is 0 Å². The van der Waals surface area contributed by atoms with Crippen molar-refractivity contribution in [1.82, 2.24) is 10.9 Å². The summed E-state index contributed by atoms with van der Waals surface area (Å²) in [6.07, 6.45) is 5.18. The second kappa shape index (κ2) is 6.86. The standard InChI is InChI=1S/C18H20N2O4/c21-14(9-6-11-4-2-1-3-5-11)19-20-17(22)15-12-7-8-13(10-12)16(15)18(23)24/h1-5,7-8,12-13,15-16H,6,9-10H2,(H,19,21)(H,20,22)(H,23,24)/p-1/t12-,13+,15-,16+/m1/s1. The molecule has 1 aromatic rings. The molecule has 6 heteroatoms. The number of nitrogens with one attached hydrogen (secondary N) is 2. The smallest absolute Gasteiger partial charge is 0.242 e. The minimum Gasteiger partial charge on any atom is -0.550 e. The average molecular weight is 327 g/mol. The Morgan fingerprint density at radius 3 is 2.33 bits per heavy atom. The Bertz CT molecular complexity index is 671. The number of fused-ring (bicyclic) bond motifs is 2. The van der Waals surface area contributed by atoms with Crippen molar-refractivity contribution in [2.45, 2.75) is 19.3 Å². The number of carbonyl (C=O) groups excluding carboxylic acids is 3. The van der Waals surface area contributed by atoms with E-state index in [2.05, 4.69) is 10.9 Å². The lowest BCUT2D eigenvalue weighted by atomic mass is 9.82. The van der Waals surface area contributed by atoms with Gasteiger partial charge in [0.1, 0.15) is 0 Å². The molecular formula is C18H19N2O4-. The van der Waals surface area contributed by atoms with Gasteiger partial charge in [-0.25, -0.2) is 0 Å². The topological polar surface area (TPSA) is 98.3 Å². The Hall–Kier alpha value is -2.63. The van der Waals surface area contributed by atoms with Crippen molar-refractivity contribution in [3.05, 3.63) is 48.0 Å². The quantitative estimate of drug-likeness (QED) is 0.585. The average Bonchev–Trinajstić information content (AvgIpc) is 3.20. The number of carbonyl (C=O) groups is 3. The molecule has 0 spiro atoms. The molecule has 126 valence electrons. The fourth-order valence-electron chi connectivity index (χ4n) is 3.68. The van der Waals surface area contributed by atoms with Crippen LogP contribution in [0.1, 0.15) is 18.4 Å². The van der Waals surface area contributed by atoms with Crippen LogP contribution in [0.5, 0.6) is 0 Å². The van der Waals surface area contributed by atoms with Crippen molar-refractivity contribution < 1.29 is 19.5 Å². The van der Waals surface area contributed by atoms with Crippen molar-refractivity contribution in [2.24, 2.45) is 23.7 Å². The number of benzene rings is 1. The summed E-state index contributed by atoms with van der Waals surface area (Å²) >= 11 is 0. The van der Waals surface area contributed by atoms with Crippen LogP contribution in [0.25, 0.3) is 0 Å². The third kappa shape index (κ3) is 3.32. The third-order valence-electron chi connectivity index (χ3n) is 4.84. The highest BCUT2D eigenvalue weighted by Gasteiger charge is 2.48. The van der Waals surface area contributed by atoms with Crippen LogP contribution < -0.4 is 16.0 Å². The molecule has 0 aliphatic heterocycles. The van der Waals surface area contributed by atoms with Crippen molar-refractivity contribution in [1.29, 1.82) is 0 Å². The number of allylic oxidation sites excluding steroid dienone is 2. The van der Waals surface area contributed by atoms with Gasteiger partial charge >= 0.3 is 0 Å². The number of amides is 2. The lowest BCUT2D eigenvalue weighted by Gasteiger charge is -2.27. The molecule has 2 N–H and O–H groups in total. The predicted octanol–water partition coefficient (Wildman–Crippen LogP) is -0.0452. The number of rotatable bonds is 5. The molecule has 0 aromatic heterocycles. The largest absolute Gasteiger partial charge is 0.550 e. The molecule has 0 heterocycles. The zero-order valence-corrected chi connectivity index (χ0v) is 13.1. The molecule has 1 aromatic carbocycles. The van der Waals surface area contributed by atoms with E-state index >= 15 is 0 Å². The Morgan fingerprint density at radius 2 is 1.67 bits per heavy atom. The van der Waals surface area contributed by atoms with E-state index in [1.54, 1.807) is 0 Å². The fourth-order valence-corrected chi connectivity index (χ4v) is 3.68. The van der Waals surface area contributed by atoms with E-state index in [1.807, 2.05) is 42.5 Å². The molecule has 2 aliphatic rings. The van der Waals surface area contributed by atoms with E-state index in [4.69, 9.17) is 0 Å². The Morgan fingerprint density at radius 1 is 1.00 bits per heavy atom. The molecule has 1 saturated carbocycles. The van der Waals surface area contributed by atoms with Crippen LogP contribution >= 0.6 is 0 Å². The zero-order valence-electron chi connectivity index (χ0n) is 13.1. The lowest BCUT2D eigenvalue weighted by molar-refractivity contribution is -0.313. The van der Waals surface area contributed by atoms with Crippen LogP contribution in [-0.2, 0) is 20.8 Å². The summed E-state index contributed by atoms with van der Waals surface area (Å²) < 4.78 is 0. The number of hydrazine groups is 1. The number of aryl methyl sites for hydroxylation is 1. The Labute approximate surface area is 139 Å². The number of carboxylic acid groups (broad SMARTS) is 1. The normalized spacial score (nSPS) is 27.0. The van der Waals surface area contributed by atoms with E-state index in [-0.39, 0.29) is 24.2 Å². The second-order valence-corrected chi connectivity index (χ2v) is 6.34. The number of hydrogen-bond acceptors (Lipinski definition) is 4. The van der Waals surface area contributed by atoms with E-state index in [1.165, 1.54) is 0 Å². The van der Waals surface area contributed by atoms with Crippen molar-refractivity contribution >= 4 is 17.8 Å². The summed E-state index contributed by atoms with van der Waals surface area (Å²) in [6.45, 7) is 0. The van der Waals surface area contributed by atoms with E-state index in [0.717, 1.165) is 5.56 Å². The molecule has 2 aliphatic carbocycles. The molecule has 2 amide bonds. The summed E-state index contributed by atoms with van der Waals surface area (Å²) in [5, 5.41) is 11.3. The minimum absolute atomic E-state index is 0.0980. The number of carboxylic acids is 1. The first-order valence-electron chi connectivity index (χ1n) is 8.08. The number of hydrogen-bond donors (Lipinski definition) is 2. The third-order valence-corrected chi connectivity index (χ3v) is 4.84. The summed E-state index contributed by atoms with van der Waals surface area (Å²) in [4.78, 5) is 35.4.